The first-order valence-electron chi connectivity index (χ1n) is 9.11. The van der Waals surface area contributed by atoms with Crippen molar-refractivity contribution in [2.45, 2.75) is 11.8 Å². The van der Waals surface area contributed by atoms with Gasteiger partial charge in [0, 0.05) is 6.54 Å². The molecule has 0 atom stereocenters. The number of para-hydroxylation sites is 2. The van der Waals surface area contributed by atoms with E-state index >= 15 is 0 Å². The second kappa shape index (κ2) is 7.18. The van der Waals surface area contributed by atoms with Crippen LogP contribution >= 0.6 is 0 Å². The topological polar surface area (TPSA) is 74.8 Å². The maximum atomic E-state index is 13.5. The molecule has 0 aliphatic carbocycles. The molecular formula is C22H18N2O4S. The van der Waals surface area contributed by atoms with E-state index in [0.29, 0.717) is 5.69 Å². The van der Waals surface area contributed by atoms with Crippen LogP contribution in [0.5, 0.6) is 0 Å². The highest BCUT2D eigenvalue weighted by Crippen LogP contribution is 2.35. The van der Waals surface area contributed by atoms with Gasteiger partial charge < -0.3 is 0 Å². The summed E-state index contributed by atoms with van der Waals surface area (Å²) >= 11 is 0. The van der Waals surface area contributed by atoms with E-state index in [1.807, 2.05) is 0 Å². The van der Waals surface area contributed by atoms with Crippen LogP contribution in [0.25, 0.3) is 0 Å². The molecule has 0 aromatic heterocycles. The van der Waals surface area contributed by atoms with Crippen LogP contribution < -0.4 is 9.21 Å². The number of hydrogen-bond acceptors (Lipinski definition) is 4. The number of hydrogen-bond donors (Lipinski definition) is 0. The molecule has 6 nitrogen and oxygen atoms in total. The van der Waals surface area contributed by atoms with Gasteiger partial charge in [0.05, 0.1) is 22.5 Å². The molecule has 3 aromatic rings. The normalized spacial score (nSPS) is 13.5. The number of carbonyl (C=O) groups excluding carboxylic acids is 2. The van der Waals surface area contributed by atoms with Crippen molar-refractivity contribution in [1.29, 1.82) is 0 Å². The van der Waals surface area contributed by atoms with Crippen LogP contribution in [0.1, 0.15) is 27.6 Å². The first kappa shape index (κ1) is 18.9. The third kappa shape index (κ3) is 3.00. The molecular weight excluding hydrogens is 388 g/mol. The summed E-state index contributed by atoms with van der Waals surface area (Å²) in [4.78, 5) is 26.6. The van der Waals surface area contributed by atoms with Crippen LogP contribution in [0, 0.1) is 0 Å². The summed E-state index contributed by atoms with van der Waals surface area (Å²) in [5.41, 5.74) is 1.08. The fraction of sp³-hybridized carbons (Fsp3) is 0.0909. The van der Waals surface area contributed by atoms with Crippen molar-refractivity contribution in [3.8, 4) is 0 Å². The van der Waals surface area contributed by atoms with Crippen LogP contribution in [0.15, 0.2) is 83.8 Å². The zero-order chi connectivity index (χ0) is 20.6. The SMILES string of the molecule is CCN(c1ccccc1)S(=O)(=O)c1ccccc1N1C(=O)c2ccccc2C1=O. The van der Waals surface area contributed by atoms with Gasteiger partial charge in [-0.3, -0.25) is 13.9 Å². The highest BCUT2D eigenvalue weighted by Gasteiger charge is 2.39. The first-order chi connectivity index (χ1) is 14.0. The third-order valence-electron chi connectivity index (χ3n) is 4.80. The van der Waals surface area contributed by atoms with Crippen molar-refractivity contribution in [1.82, 2.24) is 0 Å². The summed E-state index contributed by atoms with van der Waals surface area (Å²) in [5.74, 6) is -1.06. The second-order valence-electron chi connectivity index (χ2n) is 6.46. The Morgan fingerprint density at radius 2 is 1.28 bits per heavy atom. The van der Waals surface area contributed by atoms with E-state index < -0.39 is 21.8 Å². The molecule has 146 valence electrons. The summed E-state index contributed by atoms with van der Waals surface area (Å²) in [7, 11) is -4.02. The average molecular weight is 406 g/mol. The van der Waals surface area contributed by atoms with E-state index in [1.165, 1.54) is 16.4 Å². The number of rotatable bonds is 5. The molecule has 4 rings (SSSR count). The molecule has 3 aromatic carbocycles. The summed E-state index contributed by atoms with van der Waals surface area (Å²) < 4.78 is 28.3. The third-order valence-corrected chi connectivity index (χ3v) is 6.75. The van der Waals surface area contributed by atoms with Gasteiger partial charge in [-0.05, 0) is 43.3 Å². The van der Waals surface area contributed by atoms with Gasteiger partial charge in [-0.15, -0.1) is 0 Å². The number of nitrogens with zero attached hydrogens (tertiary/aromatic N) is 2. The first-order valence-corrected chi connectivity index (χ1v) is 10.6. The summed E-state index contributed by atoms with van der Waals surface area (Å²) in [6, 6.07) is 21.3. The van der Waals surface area contributed by atoms with Gasteiger partial charge in [0.15, 0.2) is 0 Å². The predicted octanol–water partition coefficient (Wildman–Crippen LogP) is 3.70. The van der Waals surface area contributed by atoms with Crippen molar-refractivity contribution < 1.29 is 18.0 Å². The Hall–Kier alpha value is -3.45. The Bertz CT molecular complexity index is 1170. The molecule has 29 heavy (non-hydrogen) atoms. The highest BCUT2D eigenvalue weighted by atomic mass is 32.2. The Balaban J connectivity index is 1.85. The maximum Gasteiger partial charge on any atom is 0.266 e. The highest BCUT2D eigenvalue weighted by molar-refractivity contribution is 7.93. The minimum atomic E-state index is -4.02. The van der Waals surface area contributed by atoms with Crippen molar-refractivity contribution in [3.63, 3.8) is 0 Å². The summed E-state index contributed by atoms with van der Waals surface area (Å²) in [6.45, 7) is 1.93. The Kier molecular flexibility index (Phi) is 4.68. The Morgan fingerprint density at radius 1 is 0.759 bits per heavy atom. The molecule has 0 fully saturated rings. The molecule has 2 amide bonds. The van der Waals surface area contributed by atoms with E-state index in [2.05, 4.69) is 0 Å². The molecule has 0 unspecified atom stereocenters. The van der Waals surface area contributed by atoms with Gasteiger partial charge in [-0.2, -0.15) is 0 Å². The zero-order valence-electron chi connectivity index (χ0n) is 15.6. The lowest BCUT2D eigenvalue weighted by Crippen LogP contribution is -2.35. The summed E-state index contributed by atoms with van der Waals surface area (Å²) in [6.07, 6.45) is 0. The maximum absolute atomic E-state index is 13.5. The lowest BCUT2D eigenvalue weighted by molar-refractivity contribution is 0.0925. The van der Waals surface area contributed by atoms with Crippen LogP contribution in [0.4, 0.5) is 11.4 Å². The molecule has 1 aliphatic rings. The van der Waals surface area contributed by atoms with E-state index in [0.717, 1.165) is 4.90 Å². The van der Waals surface area contributed by atoms with Gasteiger partial charge in [-0.25, -0.2) is 13.3 Å². The lowest BCUT2D eigenvalue weighted by atomic mass is 10.1. The Morgan fingerprint density at radius 3 is 1.86 bits per heavy atom. The van der Waals surface area contributed by atoms with Crippen LogP contribution in [-0.2, 0) is 10.0 Å². The molecule has 0 bridgehead atoms. The van der Waals surface area contributed by atoms with Gasteiger partial charge in [0.2, 0.25) is 0 Å². The Labute approximate surface area is 169 Å². The number of benzene rings is 3. The van der Waals surface area contributed by atoms with Gasteiger partial charge in [0.1, 0.15) is 4.90 Å². The van der Waals surface area contributed by atoms with E-state index in [4.69, 9.17) is 0 Å². The summed E-state index contributed by atoms with van der Waals surface area (Å²) in [5, 5.41) is 0. The molecule has 1 aliphatic heterocycles. The minimum absolute atomic E-state index is 0.0491. The predicted molar refractivity (Wildman–Crippen MR) is 111 cm³/mol. The van der Waals surface area contributed by atoms with Crippen molar-refractivity contribution in [2.24, 2.45) is 0 Å². The fourth-order valence-electron chi connectivity index (χ4n) is 3.47. The number of carbonyl (C=O) groups is 2. The smallest absolute Gasteiger partial charge is 0.266 e. The zero-order valence-corrected chi connectivity index (χ0v) is 16.5. The van der Waals surface area contributed by atoms with Crippen molar-refractivity contribution >= 4 is 33.2 Å². The van der Waals surface area contributed by atoms with Crippen LogP contribution in [0.3, 0.4) is 0 Å². The second-order valence-corrected chi connectivity index (χ2v) is 8.30. The van der Waals surface area contributed by atoms with Crippen molar-refractivity contribution in [3.05, 3.63) is 90.0 Å². The molecule has 0 radical (unpaired) electrons. The van der Waals surface area contributed by atoms with Gasteiger partial charge in [0.25, 0.3) is 21.8 Å². The lowest BCUT2D eigenvalue weighted by Gasteiger charge is -2.25. The number of fused-ring (bicyclic) bond motifs is 1. The van der Waals surface area contributed by atoms with E-state index in [-0.39, 0.29) is 28.3 Å². The molecule has 0 saturated carbocycles. The molecule has 0 spiro atoms. The quantitative estimate of drug-likeness (QED) is 0.606. The van der Waals surface area contributed by atoms with Crippen LogP contribution in [0.2, 0.25) is 0 Å². The largest absolute Gasteiger partial charge is 0.268 e. The number of anilines is 2. The fourth-order valence-corrected chi connectivity index (χ4v) is 5.12. The standard InChI is InChI=1S/C22H18N2O4S/c1-2-23(16-10-4-3-5-11-16)29(27,28)20-15-9-8-14-19(20)24-21(25)17-12-6-7-13-18(17)22(24)26/h3-15H,2H2,1H3. The monoisotopic (exact) mass is 406 g/mol. The average Bonchev–Trinajstić information content (AvgIpc) is 3.00. The van der Waals surface area contributed by atoms with E-state index in [9.17, 15) is 18.0 Å². The molecule has 0 N–H and O–H groups in total. The minimum Gasteiger partial charge on any atom is -0.268 e. The number of imide groups is 1. The van der Waals surface area contributed by atoms with Gasteiger partial charge in [-0.1, -0.05) is 42.5 Å². The number of amides is 2. The van der Waals surface area contributed by atoms with Crippen molar-refractivity contribution in [2.75, 3.05) is 15.7 Å². The van der Waals surface area contributed by atoms with E-state index in [1.54, 1.807) is 73.7 Å². The molecule has 0 saturated heterocycles. The molecule has 7 heteroatoms. The number of sulfonamides is 1. The van der Waals surface area contributed by atoms with Crippen LogP contribution in [-0.4, -0.2) is 26.8 Å². The molecule has 1 heterocycles. The van der Waals surface area contributed by atoms with Gasteiger partial charge >= 0.3 is 0 Å².